The minimum absolute atomic E-state index is 0.0584. The molecule has 5 nitrogen and oxygen atoms in total. The third-order valence-electron chi connectivity index (χ3n) is 2.69. The number of hydrogen-bond acceptors (Lipinski definition) is 4. The zero-order valence-corrected chi connectivity index (χ0v) is 11.2. The molecular weight excluding hydrogens is 277 g/mol. The molecule has 0 fully saturated rings. The molecule has 0 saturated carbocycles. The Morgan fingerprint density at radius 3 is 2.38 bits per heavy atom. The van der Waals surface area contributed by atoms with Gasteiger partial charge in [0.05, 0.1) is 18.1 Å². The molecule has 21 heavy (non-hydrogen) atoms. The number of nitro benzene ring substituents is 1. The van der Waals surface area contributed by atoms with Crippen molar-refractivity contribution in [3.05, 3.63) is 64.5 Å². The monoisotopic (exact) mass is 291 g/mol. The van der Waals surface area contributed by atoms with E-state index in [1.54, 1.807) is 18.2 Å². The maximum Gasteiger partial charge on any atom is 0.310 e. The molecule has 0 aliphatic rings. The van der Waals surface area contributed by atoms with Gasteiger partial charge in [0.1, 0.15) is 11.6 Å². The van der Waals surface area contributed by atoms with Crippen LogP contribution in [0.1, 0.15) is 6.42 Å². The molecular formula is C15H14FNO4. The molecule has 0 bridgehead atoms. The van der Waals surface area contributed by atoms with Gasteiger partial charge >= 0.3 is 5.69 Å². The van der Waals surface area contributed by atoms with Crippen LogP contribution in [0.5, 0.6) is 11.5 Å². The highest BCUT2D eigenvalue weighted by Gasteiger charge is 2.12. The van der Waals surface area contributed by atoms with Crippen LogP contribution in [-0.4, -0.2) is 18.1 Å². The summed E-state index contributed by atoms with van der Waals surface area (Å²) in [6.07, 6.45) is 0.559. The second kappa shape index (κ2) is 7.23. The predicted molar refractivity (Wildman–Crippen MR) is 75.1 cm³/mol. The topological polar surface area (TPSA) is 61.6 Å². The number of nitro groups is 1. The first-order valence-electron chi connectivity index (χ1n) is 6.41. The van der Waals surface area contributed by atoms with Crippen LogP contribution in [-0.2, 0) is 0 Å². The van der Waals surface area contributed by atoms with Crippen molar-refractivity contribution in [2.24, 2.45) is 0 Å². The minimum Gasteiger partial charge on any atom is -0.493 e. The van der Waals surface area contributed by atoms with Crippen molar-refractivity contribution in [3.63, 3.8) is 0 Å². The van der Waals surface area contributed by atoms with Gasteiger partial charge in [-0.05, 0) is 30.3 Å². The van der Waals surface area contributed by atoms with Gasteiger partial charge in [0.2, 0.25) is 0 Å². The van der Waals surface area contributed by atoms with E-state index in [0.717, 1.165) is 0 Å². The molecule has 0 amide bonds. The van der Waals surface area contributed by atoms with E-state index in [0.29, 0.717) is 25.4 Å². The number of hydrogen-bond donors (Lipinski definition) is 0. The highest BCUT2D eigenvalue weighted by atomic mass is 19.1. The van der Waals surface area contributed by atoms with Crippen LogP contribution in [0, 0.1) is 15.9 Å². The van der Waals surface area contributed by atoms with Crippen LogP contribution in [0.2, 0.25) is 0 Å². The Hall–Kier alpha value is -2.63. The number of ether oxygens (including phenoxy) is 2. The summed E-state index contributed by atoms with van der Waals surface area (Å²) in [6, 6.07) is 11.9. The average molecular weight is 291 g/mol. The van der Waals surface area contributed by atoms with Gasteiger partial charge in [0.15, 0.2) is 5.75 Å². The number of rotatable bonds is 7. The van der Waals surface area contributed by atoms with Gasteiger partial charge in [-0.15, -0.1) is 0 Å². The summed E-state index contributed by atoms with van der Waals surface area (Å²) in [5.74, 6) is 0.494. The van der Waals surface area contributed by atoms with Crippen molar-refractivity contribution in [3.8, 4) is 11.5 Å². The fourth-order valence-electron chi connectivity index (χ4n) is 1.69. The number of nitrogens with zero attached hydrogens (tertiary/aromatic N) is 1. The number of halogens is 1. The van der Waals surface area contributed by atoms with E-state index in [9.17, 15) is 14.5 Å². The Kier molecular flexibility index (Phi) is 5.09. The molecule has 0 saturated heterocycles. The van der Waals surface area contributed by atoms with Crippen molar-refractivity contribution in [1.29, 1.82) is 0 Å². The maximum absolute atomic E-state index is 12.7. The second-order valence-electron chi connectivity index (χ2n) is 4.23. The first-order valence-corrected chi connectivity index (χ1v) is 6.41. The number of benzene rings is 2. The van der Waals surface area contributed by atoms with E-state index in [-0.39, 0.29) is 17.3 Å². The molecule has 6 heteroatoms. The third-order valence-corrected chi connectivity index (χ3v) is 2.69. The zero-order valence-electron chi connectivity index (χ0n) is 11.2. The Morgan fingerprint density at radius 2 is 1.67 bits per heavy atom. The fraction of sp³-hybridized carbons (Fsp3) is 0.200. The quantitative estimate of drug-likeness (QED) is 0.444. The molecule has 0 radical (unpaired) electrons. The fourth-order valence-corrected chi connectivity index (χ4v) is 1.69. The first-order chi connectivity index (χ1) is 10.2. The Morgan fingerprint density at radius 1 is 1.00 bits per heavy atom. The van der Waals surface area contributed by atoms with Crippen molar-refractivity contribution in [2.75, 3.05) is 13.2 Å². The van der Waals surface area contributed by atoms with Gasteiger partial charge in [-0.25, -0.2) is 4.39 Å². The normalized spacial score (nSPS) is 10.1. The van der Waals surface area contributed by atoms with Crippen LogP contribution < -0.4 is 9.47 Å². The summed E-state index contributed by atoms with van der Waals surface area (Å²) in [5, 5.41) is 10.8. The van der Waals surface area contributed by atoms with Gasteiger partial charge < -0.3 is 9.47 Å². The molecule has 0 aliphatic heterocycles. The lowest BCUT2D eigenvalue weighted by Crippen LogP contribution is -2.06. The van der Waals surface area contributed by atoms with E-state index >= 15 is 0 Å². The molecule has 110 valence electrons. The van der Waals surface area contributed by atoms with Crippen molar-refractivity contribution >= 4 is 5.69 Å². The first kappa shape index (κ1) is 14.8. The third kappa shape index (κ3) is 4.45. The molecule has 0 aromatic heterocycles. The molecule has 0 spiro atoms. The van der Waals surface area contributed by atoms with Crippen LogP contribution >= 0.6 is 0 Å². The lowest BCUT2D eigenvalue weighted by atomic mass is 10.3. The lowest BCUT2D eigenvalue weighted by molar-refractivity contribution is -0.385. The summed E-state index contributed by atoms with van der Waals surface area (Å²) in [5.41, 5.74) is -0.0584. The van der Waals surface area contributed by atoms with E-state index in [1.165, 1.54) is 30.3 Å². The zero-order chi connectivity index (χ0) is 15.1. The largest absolute Gasteiger partial charge is 0.493 e. The van der Waals surface area contributed by atoms with Gasteiger partial charge in [-0.2, -0.15) is 0 Å². The van der Waals surface area contributed by atoms with Gasteiger partial charge in [0.25, 0.3) is 0 Å². The summed E-state index contributed by atoms with van der Waals surface area (Å²) in [7, 11) is 0. The van der Waals surface area contributed by atoms with E-state index < -0.39 is 4.92 Å². The molecule has 2 aromatic carbocycles. The summed E-state index contributed by atoms with van der Waals surface area (Å²) >= 11 is 0. The molecule has 2 aromatic rings. The summed E-state index contributed by atoms with van der Waals surface area (Å²) in [6.45, 7) is 0.679. The molecule has 0 N–H and O–H groups in total. The second-order valence-corrected chi connectivity index (χ2v) is 4.23. The summed E-state index contributed by atoms with van der Waals surface area (Å²) < 4.78 is 23.5. The van der Waals surface area contributed by atoms with Crippen molar-refractivity contribution in [2.45, 2.75) is 6.42 Å². The Labute approximate surface area is 121 Å². The van der Waals surface area contributed by atoms with Gasteiger partial charge in [-0.1, -0.05) is 12.1 Å². The predicted octanol–water partition coefficient (Wildman–Crippen LogP) is 3.58. The highest BCUT2D eigenvalue weighted by Crippen LogP contribution is 2.25. The molecule has 2 rings (SSSR count). The van der Waals surface area contributed by atoms with Crippen LogP contribution in [0.3, 0.4) is 0 Å². The average Bonchev–Trinajstić information content (AvgIpc) is 2.49. The van der Waals surface area contributed by atoms with E-state index in [1.807, 2.05) is 0 Å². The van der Waals surface area contributed by atoms with Gasteiger partial charge in [0, 0.05) is 12.5 Å². The van der Waals surface area contributed by atoms with Gasteiger partial charge in [-0.3, -0.25) is 10.1 Å². The minimum atomic E-state index is -0.482. The Balaban J connectivity index is 1.75. The Bertz CT molecular complexity index is 601. The highest BCUT2D eigenvalue weighted by molar-refractivity contribution is 5.45. The SMILES string of the molecule is O=[N+]([O-])c1ccccc1OCCCOc1ccc(F)cc1. The summed E-state index contributed by atoms with van der Waals surface area (Å²) in [4.78, 5) is 10.3. The molecule has 0 unspecified atom stereocenters. The van der Waals surface area contributed by atoms with E-state index in [4.69, 9.17) is 9.47 Å². The lowest BCUT2D eigenvalue weighted by Gasteiger charge is -2.08. The van der Waals surface area contributed by atoms with Crippen LogP contribution in [0.4, 0.5) is 10.1 Å². The van der Waals surface area contributed by atoms with Crippen LogP contribution in [0.15, 0.2) is 48.5 Å². The van der Waals surface area contributed by atoms with E-state index in [2.05, 4.69) is 0 Å². The molecule has 0 atom stereocenters. The van der Waals surface area contributed by atoms with Crippen molar-refractivity contribution < 1.29 is 18.8 Å². The molecule has 0 aliphatic carbocycles. The standard InChI is InChI=1S/C15H14FNO4/c16-12-6-8-13(9-7-12)20-10-3-11-21-15-5-2-1-4-14(15)17(18)19/h1-2,4-9H,3,10-11H2. The van der Waals surface area contributed by atoms with Crippen molar-refractivity contribution in [1.82, 2.24) is 0 Å². The smallest absolute Gasteiger partial charge is 0.310 e. The molecule has 0 heterocycles. The van der Waals surface area contributed by atoms with Crippen LogP contribution in [0.25, 0.3) is 0 Å². The maximum atomic E-state index is 12.7. The number of para-hydroxylation sites is 2.